The Morgan fingerprint density at radius 1 is 0.962 bits per heavy atom. The highest BCUT2D eigenvalue weighted by molar-refractivity contribution is 6.29. The van der Waals surface area contributed by atoms with E-state index in [0.717, 1.165) is 18.7 Å². The van der Waals surface area contributed by atoms with Crippen molar-refractivity contribution >= 4 is 11.6 Å². The molecule has 0 spiro atoms. The minimum atomic E-state index is -0.432. The molecule has 2 aromatic rings. The quantitative estimate of drug-likeness (QED) is 0.712. The molecule has 0 N–H and O–H groups in total. The molecule has 0 unspecified atom stereocenters. The number of hydrogen-bond donors (Lipinski definition) is 0. The molecule has 0 bridgehead atoms. The SMILES string of the molecule is CC(C)(C)Oc1ncc(-c2cc(Cl)nc(C3CC3)n2)c(OC(C)(C)C)n1. The standard InChI is InChI=1S/C19H25ClN4O2/c1-18(2,3)25-16-12(10-21-17(24-16)26-19(4,5)6)13-9-14(20)23-15(22-13)11-7-8-11/h9-11H,7-8H2,1-6H3. The van der Waals surface area contributed by atoms with E-state index in [-0.39, 0.29) is 6.01 Å². The molecular formula is C19H25ClN4O2. The first kappa shape index (κ1) is 18.8. The van der Waals surface area contributed by atoms with Crippen molar-refractivity contribution in [1.29, 1.82) is 0 Å². The second-order valence-corrected chi connectivity index (χ2v) is 8.90. The Kier molecular flexibility index (Phi) is 4.82. The Bertz CT molecular complexity index is 808. The largest absolute Gasteiger partial charge is 0.471 e. The second-order valence-electron chi connectivity index (χ2n) is 8.51. The highest BCUT2D eigenvalue weighted by Crippen LogP contribution is 2.40. The monoisotopic (exact) mass is 376 g/mol. The molecule has 7 heteroatoms. The maximum atomic E-state index is 6.22. The van der Waals surface area contributed by atoms with Gasteiger partial charge in [-0.05, 0) is 54.4 Å². The Labute approximate surface area is 159 Å². The van der Waals surface area contributed by atoms with Crippen LogP contribution in [0.25, 0.3) is 11.3 Å². The third-order valence-electron chi connectivity index (χ3n) is 3.46. The molecule has 0 amide bonds. The van der Waals surface area contributed by atoms with Gasteiger partial charge in [-0.1, -0.05) is 11.6 Å². The number of nitrogens with zero attached hydrogens (tertiary/aromatic N) is 4. The summed E-state index contributed by atoms with van der Waals surface area (Å²) in [5.41, 5.74) is 0.497. The summed E-state index contributed by atoms with van der Waals surface area (Å²) in [4.78, 5) is 17.8. The molecule has 1 saturated carbocycles. The van der Waals surface area contributed by atoms with Crippen LogP contribution < -0.4 is 9.47 Å². The predicted molar refractivity (Wildman–Crippen MR) is 101 cm³/mol. The molecule has 2 aromatic heterocycles. The summed E-state index contributed by atoms with van der Waals surface area (Å²) in [5, 5.41) is 0.411. The summed E-state index contributed by atoms with van der Waals surface area (Å²) in [6.45, 7) is 11.7. The molecule has 1 aliphatic carbocycles. The minimum Gasteiger partial charge on any atom is -0.471 e. The topological polar surface area (TPSA) is 70.0 Å². The third kappa shape index (κ3) is 5.04. The van der Waals surface area contributed by atoms with Crippen molar-refractivity contribution in [2.45, 2.75) is 71.5 Å². The first-order chi connectivity index (χ1) is 12.0. The van der Waals surface area contributed by atoms with E-state index in [1.807, 2.05) is 41.5 Å². The molecule has 0 atom stereocenters. The van der Waals surface area contributed by atoms with E-state index in [1.54, 1.807) is 12.3 Å². The number of hydrogen-bond acceptors (Lipinski definition) is 6. The number of rotatable bonds is 4. The number of halogens is 1. The van der Waals surface area contributed by atoms with E-state index in [0.29, 0.717) is 28.2 Å². The average molecular weight is 377 g/mol. The first-order valence-corrected chi connectivity index (χ1v) is 9.18. The molecule has 1 aliphatic rings. The van der Waals surface area contributed by atoms with E-state index in [2.05, 4.69) is 19.9 Å². The van der Waals surface area contributed by atoms with Gasteiger partial charge in [-0.2, -0.15) is 4.98 Å². The van der Waals surface area contributed by atoms with Gasteiger partial charge < -0.3 is 9.47 Å². The van der Waals surface area contributed by atoms with E-state index >= 15 is 0 Å². The first-order valence-electron chi connectivity index (χ1n) is 8.80. The van der Waals surface area contributed by atoms with Gasteiger partial charge >= 0.3 is 6.01 Å². The molecule has 0 aromatic carbocycles. The van der Waals surface area contributed by atoms with Crippen molar-refractivity contribution in [3.05, 3.63) is 23.2 Å². The van der Waals surface area contributed by atoms with Gasteiger partial charge in [0.2, 0.25) is 5.88 Å². The number of ether oxygens (including phenoxy) is 2. The van der Waals surface area contributed by atoms with Gasteiger partial charge in [0.05, 0.1) is 11.3 Å². The predicted octanol–water partition coefficient (Wildman–Crippen LogP) is 4.82. The molecule has 140 valence electrons. The van der Waals surface area contributed by atoms with Gasteiger partial charge in [0.15, 0.2) is 0 Å². The maximum absolute atomic E-state index is 6.22. The molecular weight excluding hydrogens is 352 g/mol. The van der Waals surface area contributed by atoms with Crippen molar-refractivity contribution in [1.82, 2.24) is 19.9 Å². The summed E-state index contributed by atoms with van der Waals surface area (Å²) in [5.74, 6) is 1.58. The fourth-order valence-electron chi connectivity index (χ4n) is 2.31. The van der Waals surface area contributed by atoms with Gasteiger partial charge in [-0.15, -0.1) is 0 Å². The summed E-state index contributed by atoms with van der Waals surface area (Å²) in [7, 11) is 0. The lowest BCUT2D eigenvalue weighted by Gasteiger charge is -2.24. The summed E-state index contributed by atoms with van der Waals surface area (Å²) in [6.07, 6.45) is 3.87. The summed E-state index contributed by atoms with van der Waals surface area (Å²) < 4.78 is 11.8. The molecule has 0 aliphatic heterocycles. The van der Waals surface area contributed by atoms with Crippen molar-refractivity contribution in [3.63, 3.8) is 0 Å². The molecule has 1 fully saturated rings. The fourth-order valence-corrected chi connectivity index (χ4v) is 2.50. The number of aromatic nitrogens is 4. The fraction of sp³-hybridized carbons (Fsp3) is 0.579. The molecule has 26 heavy (non-hydrogen) atoms. The summed E-state index contributed by atoms with van der Waals surface area (Å²) >= 11 is 6.22. The average Bonchev–Trinajstić information content (AvgIpc) is 3.27. The van der Waals surface area contributed by atoms with Crippen molar-refractivity contribution in [2.24, 2.45) is 0 Å². The Morgan fingerprint density at radius 3 is 2.19 bits per heavy atom. The van der Waals surface area contributed by atoms with Crippen molar-refractivity contribution < 1.29 is 9.47 Å². The zero-order valence-electron chi connectivity index (χ0n) is 16.1. The van der Waals surface area contributed by atoms with Crippen LogP contribution in [-0.2, 0) is 0 Å². The van der Waals surface area contributed by atoms with E-state index in [4.69, 9.17) is 21.1 Å². The van der Waals surface area contributed by atoms with E-state index in [1.165, 1.54) is 0 Å². The maximum Gasteiger partial charge on any atom is 0.320 e. The van der Waals surface area contributed by atoms with Crippen LogP contribution in [0.15, 0.2) is 12.3 Å². The third-order valence-corrected chi connectivity index (χ3v) is 3.66. The van der Waals surface area contributed by atoms with Gasteiger partial charge in [0.1, 0.15) is 22.2 Å². The van der Waals surface area contributed by atoms with Crippen LogP contribution in [0, 0.1) is 0 Å². The molecule has 6 nitrogen and oxygen atoms in total. The van der Waals surface area contributed by atoms with E-state index in [9.17, 15) is 0 Å². The van der Waals surface area contributed by atoms with Crippen LogP contribution in [0.2, 0.25) is 5.15 Å². The van der Waals surface area contributed by atoms with Crippen LogP contribution in [0.4, 0.5) is 0 Å². The zero-order chi connectivity index (χ0) is 19.1. The Balaban J connectivity index is 2.05. The van der Waals surface area contributed by atoms with Crippen molar-refractivity contribution in [3.8, 4) is 23.1 Å². The minimum absolute atomic E-state index is 0.267. The molecule has 0 saturated heterocycles. The van der Waals surface area contributed by atoms with Gasteiger partial charge in [-0.3, -0.25) is 0 Å². The second kappa shape index (κ2) is 6.65. The van der Waals surface area contributed by atoms with Crippen LogP contribution in [0.5, 0.6) is 11.9 Å². The smallest absolute Gasteiger partial charge is 0.320 e. The van der Waals surface area contributed by atoms with Crippen LogP contribution in [-0.4, -0.2) is 31.1 Å². The highest BCUT2D eigenvalue weighted by Gasteiger charge is 2.28. The summed E-state index contributed by atoms with van der Waals surface area (Å²) in [6, 6.07) is 1.98. The Morgan fingerprint density at radius 2 is 1.62 bits per heavy atom. The van der Waals surface area contributed by atoms with Crippen molar-refractivity contribution in [2.75, 3.05) is 0 Å². The normalized spacial score (nSPS) is 15.0. The van der Waals surface area contributed by atoms with Gasteiger partial charge in [-0.25, -0.2) is 15.0 Å². The lowest BCUT2D eigenvalue weighted by atomic mass is 10.1. The zero-order valence-corrected chi connectivity index (χ0v) is 16.9. The Hall–Kier alpha value is -1.95. The van der Waals surface area contributed by atoms with E-state index < -0.39 is 11.2 Å². The van der Waals surface area contributed by atoms with Crippen LogP contribution in [0.1, 0.15) is 66.1 Å². The van der Waals surface area contributed by atoms with Gasteiger partial charge in [0, 0.05) is 18.2 Å². The lowest BCUT2D eigenvalue weighted by Crippen LogP contribution is -2.26. The lowest BCUT2D eigenvalue weighted by molar-refractivity contribution is 0.103. The highest BCUT2D eigenvalue weighted by atomic mass is 35.5. The molecule has 3 rings (SSSR count). The molecule has 2 heterocycles. The van der Waals surface area contributed by atoms with Gasteiger partial charge in [0.25, 0.3) is 0 Å². The van der Waals surface area contributed by atoms with Crippen LogP contribution >= 0.6 is 11.6 Å². The van der Waals surface area contributed by atoms with Crippen LogP contribution in [0.3, 0.4) is 0 Å². The molecule has 0 radical (unpaired) electrons.